The van der Waals surface area contributed by atoms with Crippen LogP contribution in [0.4, 0.5) is 0 Å². The molecule has 3 nitrogen and oxygen atoms in total. The summed E-state index contributed by atoms with van der Waals surface area (Å²) < 4.78 is 1.05. The number of hydrogen-bond acceptors (Lipinski definition) is 2. The second-order valence-electron chi connectivity index (χ2n) is 5.13. The van der Waals surface area contributed by atoms with Gasteiger partial charge >= 0.3 is 0 Å². The molecule has 1 aromatic rings. The van der Waals surface area contributed by atoms with Gasteiger partial charge in [0.15, 0.2) is 0 Å². The van der Waals surface area contributed by atoms with Crippen molar-refractivity contribution in [3.05, 3.63) is 34.3 Å². The first kappa shape index (κ1) is 16.2. The highest BCUT2D eigenvalue weighted by atomic mass is 79.9. The monoisotopic (exact) mass is 327 g/mol. The summed E-state index contributed by atoms with van der Waals surface area (Å²) in [5, 5.41) is 9.24. The molecule has 2 unspecified atom stereocenters. The number of rotatable bonds is 6. The molecule has 0 aliphatic rings. The second-order valence-corrected chi connectivity index (χ2v) is 6.04. The average Bonchev–Trinajstić information content (AvgIpc) is 2.37. The molecular formula is C15H22BrNO2. The van der Waals surface area contributed by atoms with Crippen molar-refractivity contribution >= 4 is 21.8 Å². The lowest BCUT2D eigenvalue weighted by molar-refractivity contribution is -0.133. The minimum absolute atomic E-state index is 0.0415. The minimum atomic E-state index is -0.364. The third-order valence-corrected chi connectivity index (χ3v) is 3.66. The van der Waals surface area contributed by atoms with Gasteiger partial charge in [-0.15, -0.1) is 0 Å². The third kappa shape index (κ3) is 5.74. The molecule has 0 aromatic heterocycles. The number of amides is 1. The van der Waals surface area contributed by atoms with E-state index in [9.17, 15) is 9.90 Å². The van der Waals surface area contributed by atoms with Crippen molar-refractivity contribution in [2.24, 2.45) is 5.92 Å². The molecule has 2 atom stereocenters. The first-order valence-electron chi connectivity index (χ1n) is 6.57. The minimum Gasteiger partial charge on any atom is -0.393 e. The molecule has 0 aliphatic carbocycles. The Morgan fingerprint density at radius 3 is 2.42 bits per heavy atom. The van der Waals surface area contributed by atoms with E-state index in [-0.39, 0.29) is 17.9 Å². The van der Waals surface area contributed by atoms with E-state index in [0.29, 0.717) is 13.0 Å². The fourth-order valence-electron chi connectivity index (χ4n) is 1.93. The molecular weight excluding hydrogens is 306 g/mol. The summed E-state index contributed by atoms with van der Waals surface area (Å²) in [7, 11) is 1.79. The normalized spacial score (nSPS) is 13.9. The molecule has 1 rings (SSSR count). The molecule has 19 heavy (non-hydrogen) atoms. The van der Waals surface area contributed by atoms with Crippen LogP contribution in [0, 0.1) is 5.92 Å². The van der Waals surface area contributed by atoms with Crippen LogP contribution in [-0.2, 0) is 11.2 Å². The molecule has 0 spiro atoms. The molecule has 1 aromatic carbocycles. The van der Waals surface area contributed by atoms with E-state index in [1.165, 1.54) is 0 Å². The summed E-state index contributed by atoms with van der Waals surface area (Å²) in [4.78, 5) is 13.9. The number of aliphatic hydroxyl groups is 1. The van der Waals surface area contributed by atoms with Crippen molar-refractivity contribution in [3.8, 4) is 0 Å². The molecule has 0 fully saturated rings. The van der Waals surface area contributed by atoms with Gasteiger partial charge in [-0.3, -0.25) is 4.79 Å². The van der Waals surface area contributed by atoms with Gasteiger partial charge in [-0.25, -0.2) is 0 Å². The molecule has 1 amide bonds. The van der Waals surface area contributed by atoms with Gasteiger partial charge in [0.2, 0.25) is 5.91 Å². The molecule has 106 valence electrons. The van der Waals surface area contributed by atoms with E-state index < -0.39 is 0 Å². The average molecular weight is 328 g/mol. The molecule has 0 heterocycles. The van der Waals surface area contributed by atoms with Crippen LogP contribution in [0.2, 0.25) is 0 Å². The van der Waals surface area contributed by atoms with Crippen LogP contribution < -0.4 is 0 Å². The van der Waals surface area contributed by atoms with Gasteiger partial charge in [0, 0.05) is 24.0 Å². The van der Waals surface area contributed by atoms with Crippen LogP contribution in [0.1, 0.15) is 25.8 Å². The first-order valence-corrected chi connectivity index (χ1v) is 7.37. The van der Waals surface area contributed by atoms with Crippen molar-refractivity contribution in [2.75, 3.05) is 13.6 Å². The molecule has 0 radical (unpaired) electrons. The SMILES string of the molecule is CC(O)CCN(C)C(=O)C(C)Cc1ccc(Br)cc1. The van der Waals surface area contributed by atoms with Crippen molar-refractivity contribution in [3.63, 3.8) is 0 Å². The number of carbonyl (C=O) groups is 1. The van der Waals surface area contributed by atoms with E-state index in [2.05, 4.69) is 15.9 Å². The summed E-state index contributed by atoms with van der Waals surface area (Å²) in [5.74, 6) is 0.0868. The summed E-state index contributed by atoms with van der Waals surface area (Å²) >= 11 is 3.40. The lowest BCUT2D eigenvalue weighted by Crippen LogP contribution is -2.34. The van der Waals surface area contributed by atoms with E-state index >= 15 is 0 Å². The molecule has 0 saturated heterocycles. The highest BCUT2D eigenvalue weighted by Gasteiger charge is 2.18. The molecule has 4 heteroatoms. The van der Waals surface area contributed by atoms with Gasteiger partial charge in [-0.05, 0) is 37.5 Å². The Labute approximate surface area is 123 Å². The number of hydrogen-bond donors (Lipinski definition) is 1. The van der Waals surface area contributed by atoms with Gasteiger partial charge < -0.3 is 10.0 Å². The summed E-state index contributed by atoms with van der Waals surface area (Å²) in [6.07, 6.45) is 0.996. The van der Waals surface area contributed by atoms with E-state index in [4.69, 9.17) is 0 Å². The first-order chi connectivity index (χ1) is 8.90. The zero-order valence-corrected chi connectivity index (χ0v) is 13.4. The fraction of sp³-hybridized carbons (Fsp3) is 0.533. The summed E-state index contributed by atoms with van der Waals surface area (Å²) in [6.45, 7) is 4.29. The number of benzene rings is 1. The van der Waals surface area contributed by atoms with Crippen LogP contribution in [0.25, 0.3) is 0 Å². The third-order valence-electron chi connectivity index (χ3n) is 3.14. The van der Waals surface area contributed by atoms with Gasteiger partial charge in [0.1, 0.15) is 0 Å². The van der Waals surface area contributed by atoms with E-state index in [1.807, 2.05) is 31.2 Å². The molecule has 0 saturated carbocycles. The van der Waals surface area contributed by atoms with Crippen molar-refractivity contribution in [1.82, 2.24) is 4.90 Å². The zero-order valence-electron chi connectivity index (χ0n) is 11.8. The highest BCUT2D eigenvalue weighted by Crippen LogP contribution is 2.15. The fourth-order valence-corrected chi connectivity index (χ4v) is 2.19. The maximum Gasteiger partial charge on any atom is 0.225 e. The Balaban J connectivity index is 2.50. The Bertz CT molecular complexity index is 403. The maximum absolute atomic E-state index is 12.2. The standard InChI is InChI=1S/C15H22BrNO2/c1-11(10-13-4-6-14(16)7-5-13)15(19)17(3)9-8-12(2)18/h4-7,11-12,18H,8-10H2,1-3H3. The Morgan fingerprint density at radius 2 is 1.89 bits per heavy atom. The molecule has 1 N–H and O–H groups in total. The van der Waals surface area contributed by atoms with Crippen LogP contribution in [0.15, 0.2) is 28.7 Å². The number of nitrogens with zero attached hydrogens (tertiary/aromatic N) is 1. The largest absolute Gasteiger partial charge is 0.393 e. The van der Waals surface area contributed by atoms with E-state index in [1.54, 1.807) is 18.9 Å². The Morgan fingerprint density at radius 1 is 1.32 bits per heavy atom. The van der Waals surface area contributed by atoms with Crippen molar-refractivity contribution < 1.29 is 9.90 Å². The van der Waals surface area contributed by atoms with Crippen LogP contribution >= 0.6 is 15.9 Å². The van der Waals surface area contributed by atoms with Crippen molar-refractivity contribution in [1.29, 1.82) is 0 Å². The van der Waals surface area contributed by atoms with Gasteiger partial charge in [0.25, 0.3) is 0 Å². The van der Waals surface area contributed by atoms with Gasteiger partial charge in [-0.1, -0.05) is 35.0 Å². The van der Waals surface area contributed by atoms with Crippen molar-refractivity contribution in [2.45, 2.75) is 32.8 Å². The lowest BCUT2D eigenvalue weighted by Gasteiger charge is -2.22. The van der Waals surface area contributed by atoms with Gasteiger partial charge in [0.05, 0.1) is 6.10 Å². The summed E-state index contributed by atoms with van der Waals surface area (Å²) in [6, 6.07) is 8.04. The van der Waals surface area contributed by atoms with Gasteiger partial charge in [-0.2, -0.15) is 0 Å². The predicted molar refractivity (Wildman–Crippen MR) is 80.9 cm³/mol. The lowest BCUT2D eigenvalue weighted by atomic mass is 10.00. The van der Waals surface area contributed by atoms with E-state index in [0.717, 1.165) is 16.5 Å². The smallest absolute Gasteiger partial charge is 0.225 e. The number of aliphatic hydroxyl groups excluding tert-OH is 1. The summed E-state index contributed by atoms with van der Waals surface area (Å²) in [5.41, 5.74) is 1.16. The zero-order chi connectivity index (χ0) is 14.4. The van der Waals surface area contributed by atoms with Crippen LogP contribution in [0.3, 0.4) is 0 Å². The number of halogens is 1. The van der Waals surface area contributed by atoms with Crippen LogP contribution in [-0.4, -0.2) is 35.6 Å². The quantitative estimate of drug-likeness (QED) is 0.872. The topological polar surface area (TPSA) is 40.5 Å². The van der Waals surface area contributed by atoms with Crippen LogP contribution in [0.5, 0.6) is 0 Å². The molecule has 0 aliphatic heterocycles. The maximum atomic E-state index is 12.2. The Hall–Kier alpha value is -0.870. The molecule has 0 bridgehead atoms. The second kappa shape index (κ2) is 7.65. The number of carbonyl (C=O) groups excluding carboxylic acids is 1. The Kier molecular flexibility index (Phi) is 6.52. The highest BCUT2D eigenvalue weighted by molar-refractivity contribution is 9.10. The predicted octanol–water partition coefficient (Wildman–Crippen LogP) is 2.86.